The van der Waals surface area contributed by atoms with Gasteiger partial charge in [-0.1, -0.05) is 369 Å². The number of rotatable bonds is 13. The van der Waals surface area contributed by atoms with Gasteiger partial charge in [0.25, 0.3) is 6.71 Å². The van der Waals surface area contributed by atoms with Gasteiger partial charge in [0, 0.05) is 72.8 Å². The molecule has 0 saturated heterocycles. The summed E-state index contributed by atoms with van der Waals surface area (Å²) in [6.07, 6.45) is 0. The van der Waals surface area contributed by atoms with Crippen molar-refractivity contribution in [3.63, 3.8) is 0 Å². The number of anilines is 9. The third kappa shape index (κ3) is 12.1. The molecule has 23 rings (SSSR count). The van der Waals surface area contributed by atoms with Crippen molar-refractivity contribution in [3.8, 4) is 83.6 Å². The zero-order chi connectivity index (χ0) is 82.3. The molecule has 0 aliphatic carbocycles. The summed E-state index contributed by atoms with van der Waals surface area (Å²) in [5.41, 5.74) is 34.4. The summed E-state index contributed by atoms with van der Waals surface area (Å²) < 4.78 is 2.52. The lowest BCUT2D eigenvalue weighted by atomic mass is 9.33. The number of fused-ring (bicyclic) bond motifs is 9. The van der Waals surface area contributed by atoms with Gasteiger partial charge in [-0.25, -0.2) is 0 Å². The lowest BCUT2D eigenvalue weighted by Crippen LogP contribution is -2.61. The summed E-state index contributed by atoms with van der Waals surface area (Å²) in [5.74, 6) is 0. The predicted molar refractivity (Wildman–Crippen MR) is 526 cm³/mol. The second-order valence-corrected chi connectivity index (χ2v) is 35.5. The molecule has 5 heteroatoms. The molecule has 582 valence electrons. The zero-order valence-corrected chi connectivity index (χ0v) is 69.7. The van der Waals surface area contributed by atoms with Gasteiger partial charge >= 0.3 is 0 Å². The molecule has 0 unspecified atom stereocenters. The number of hydrogen-bond donors (Lipinski definition) is 0. The van der Waals surface area contributed by atoms with Gasteiger partial charge in [0.05, 0.1) is 28.1 Å². The number of hydrogen-bond acceptors (Lipinski definition) is 3. The Morgan fingerprint density at radius 2 is 0.618 bits per heavy atom. The van der Waals surface area contributed by atoms with Crippen LogP contribution in [-0.4, -0.2) is 11.3 Å². The van der Waals surface area contributed by atoms with E-state index in [4.69, 9.17) is 0 Å². The molecule has 4 nitrogen and oxygen atoms in total. The van der Waals surface area contributed by atoms with Crippen molar-refractivity contribution in [2.24, 2.45) is 0 Å². The molecule has 1 aromatic heterocycles. The fourth-order valence-corrected chi connectivity index (χ4v) is 20.3. The number of nitrogens with zero attached hydrogens (tertiary/aromatic N) is 4. The lowest BCUT2D eigenvalue weighted by molar-refractivity contribution is 0.590. The van der Waals surface area contributed by atoms with Gasteiger partial charge in [0.1, 0.15) is 0 Å². The van der Waals surface area contributed by atoms with Crippen LogP contribution >= 0.6 is 0 Å². The van der Waals surface area contributed by atoms with Crippen molar-refractivity contribution < 1.29 is 0 Å². The van der Waals surface area contributed by atoms with E-state index >= 15 is 0 Å². The number of aromatic nitrogens is 1. The first-order chi connectivity index (χ1) is 60.3. The van der Waals surface area contributed by atoms with E-state index in [-0.39, 0.29) is 17.5 Å². The Bertz CT molecular complexity index is 7460. The Balaban J connectivity index is 0.919. The van der Waals surface area contributed by atoms with E-state index in [2.05, 4.69) is 479 Å². The molecular formula is C118H87BN4. The second kappa shape index (κ2) is 28.9. The van der Waals surface area contributed by atoms with Gasteiger partial charge in [-0.05, 0) is 228 Å². The molecule has 20 aromatic carbocycles. The van der Waals surface area contributed by atoms with Crippen molar-refractivity contribution in [2.75, 3.05) is 14.7 Å². The van der Waals surface area contributed by atoms with E-state index < -0.39 is 0 Å². The van der Waals surface area contributed by atoms with Crippen LogP contribution in [0, 0.1) is 0 Å². The van der Waals surface area contributed by atoms with Crippen LogP contribution in [-0.2, 0) is 10.8 Å². The summed E-state index contributed by atoms with van der Waals surface area (Å²) in [6, 6.07) is 159. The maximum Gasteiger partial charge on any atom is 0.252 e. The molecule has 0 atom stereocenters. The predicted octanol–water partition coefficient (Wildman–Crippen LogP) is 30.7. The smallest absolute Gasteiger partial charge is 0.252 e. The van der Waals surface area contributed by atoms with E-state index in [1.165, 1.54) is 86.9 Å². The molecule has 0 N–H and O–H groups in total. The van der Waals surface area contributed by atoms with Gasteiger partial charge in [-0.15, -0.1) is 0 Å². The summed E-state index contributed by atoms with van der Waals surface area (Å²) in [5, 5.41) is 12.5. The maximum atomic E-state index is 2.75. The fourth-order valence-electron chi connectivity index (χ4n) is 20.3. The molecule has 0 radical (unpaired) electrons. The van der Waals surface area contributed by atoms with Crippen LogP contribution in [0.4, 0.5) is 51.2 Å². The first-order valence-electron chi connectivity index (χ1n) is 43.1. The third-order valence-corrected chi connectivity index (χ3v) is 26.2. The van der Waals surface area contributed by atoms with Gasteiger partial charge in [-0.2, -0.15) is 0 Å². The molecule has 123 heavy (non-hydrogen) atoms. The van der Waals surface area contributed by atoms with Crippen LogP contribution in [0.25, 0.3) is 148 Å². The first-order valence-corrected chi connectivity index (χ1v) is 43.1. The van der Waals surface area contributed by atoms with Crippen LogP contribution in [0.2, 0.25) is 0 Å². The summed E-state index contributed by atoms with van der Waals surface area (Å²) in [4.78, 5) is 8.01. The number of benzene rings is 20. The Morgan fingerprint density at radius 1 is 0.236 bits per heavy atom. The molecule has 0 bridgehead atoms. The fraction of sp³-hybridized carbons (Fsp3) is 0.0678. The Morgan fingerprint density at radius 3 is 1.07 bits per heavy atom. The van der Waals surface area contributed by atoms with Crippen LogP contribution < -0.4 is 31.1 Å². The molecule has 0 fully saturated rings. The Labute approximate surface area is 719 Å². The summed E-state index contributed by atoms with van der Waals surface area (Å²) >= 11 is 0. The van der Waals surface area contributed by atoms with Gasteiger partial charge in [0.15, 0.2) is 0 Å². The summed E-state index contributed by atoms with van der Waals surface area (Å²) in [6.45, 7) is 13.8. The van der Waals surface area contributed by atoms with Crippen molar-refractivity contribution >= 4 is 139 Å². The van der Waals surface area contributed by atoms with Gasteiger partial charge in [0.2, 0.25) is 0 Å². The number of para-hydroxylation sites is 2. The molecule has 21 aromatic rings. The highest BCUT2D eigenvalue weighted by atomic mass is 15.2. The quantitative estimate of drug-likeness (QED) is 0.0650. The van der Waals surface area contributed by atoms with Crippen molar-refractivity contribution in [3.05, 3.63) is 430 Å². The molecule has 3 heterocycles. The molecule has 0 spiro atoms. The van der Waals surface area contributed by atoms with Crippen LogP contribution in [0.15, 0.2) is 419 Å². The summed E-state index contributed by atoms with van der Waals surface area (Å²) in [7, 11) is 0. The minimum absolute atomic E-state index is 0.250. The zero-order valence-electron chi connectivity index (χ0n) is 69.7. The highest BCUT2D eigenvalue weighted by molar-refractivity contribution is 7.00. The van der Waals surface area contributed by atoms with Gasteiger partial charge in [-0.3, -0.25) is 0 Å². The van der Waals surface area contributed by atoms with Crippen molar-refractivity contribution in [1.82, 2.24) is 4.57 Å². The van der Waals surface area contributed by atoms with E-state index in [0.717, 1.165) is 140 Å². The minimum Gasteiger partial charge on any atom is -0.310 e. The van der Waals surface area contributed by atoms with Crippen LogP contribution in [0.5, 0.6) is 0 Å². The van der Waals surface area contributed by atoms with Gasteiger partial charge < -0.3 is 19.3 Å². The normalized spacial score (nSPS) is 12.6. The third-order valence-electron chi connectivity index (χ3n) is 26.2. The molecular weight excluding hydrogens is 1480 g/mol. The first kappa shape index (κ1) is 73.1. The molecule has 2 aliphatic rings. The van der Waals surface area contributed by atoms with E-state index in [9.17, 15) is 0 Å². The molecule has 2 aliphatic heterocycles. The van der Waals surface area contributed by atoms with Crippen LogP contribution in [0.1, 0.15) is 52.7 Å². The Kier molecular flexibility index (Phi) is 17.2. The minimum atomic E-state index is -0.377. The van der Waals surface area contributed by atoms with E-state index in [1.54, 1.807) is 0 Å². The highest BCUT2D eigenvalue weighted by Gasteiger charge is 2.47. The Hall–Kier alpha value is -15.0. The molecule has 0 saturated carbocycles. The van der Waals surface area contributed by atoms with E-state index in [0.29, 0.717) is 0 Å². The standard InChI is InChI=1S/C118H87BN4/c1-117(2,3)87-69-99(80-36-17-9-18-37-80)115(100(70-87)81-38-19-10-20-39-81)122-107-67-59-86(93-65-58-85-46-30-50-97-96-49-29-44-84-45-31-51-98(111(84)96)113(93)112(85)97)68-104(107)119-103-66-64-91(121-105-52-27-25-47-94(105)95-48-26-28-53-106(95)121)73-108(103)123(116-101(82-40-21-11-22-41-82)71-88(118(4,5)6)72-102(116)83-42-23-12-24-43-83)110-75-92(74-109(122)114(110)119)120(89-60-54-78(55-61-89)76-32-13-7-14-33-76)90-62-56-79(57-63-90)77-34-15-8-16-35-77/h7-75H,1-6H3. The van der Waals surface area contributed by atoms with E-state index in [1.807, 2.05) is 0 Å². The average Bonchev–Trinajstić information content (AvgIpc) is 1.40. The SMILES string of the molecule is CC(C)(C)c1cc(-c2ccccc2)c(N2c3ccc(-c4ccc5cccc6c7cccc8cccc(c4c56)c87)cc3B3c4ccc(-n5c6ccccc6c6ccccc65)cc4N(c4c(-c5ccccc5)cc(C(C)(C)C)cc4-c4ccccc4)c4cc(N(c5ccc(-c6ccccc6)cc5)c5ccc(-c6ccccc6)cc5)cc2c43)c(-c2ccccc2)c1. The molecule has 0 amide bonds. The van der Waals surface area contributed by atoms with Crippen molar-refractivity contribution in [1.29, 1.82) is 0 Å². The maximum absolute atomic E-state index is 2.75. The van der Waals surface area contributed by atoms with Crippen molar-refractivity contribution in [2.45, 2.75) is 52.4 Å². The largest absolute Gasteiger partial charge is 0.310 e. The topological polar surface area (TPSA) is 14.7 Å². The monoisotopic (exact) mass is 1570 g/mol. The second-order valence-electron chi connectivity index (χ2n) is 35.5. The lowest BCUT2D eigenvalue weighted by Gasteiger charge is -2.46. The average molecular weight is 1570 g/mol. The van der Waals surface area contributed by atoms with Crippen LogP contribution in [0.3, 0.4) is 0 Å². The highest BCUT2D eigenvalue weighted by Crippen LogP contribution is 2.57.